The van der Waals surface area contributed by atoms with Crippen molar-refractivity contribution in [1.29, 1.82) is 0 Å². The number of nitrogens with zero attached hydrogens (tertiary/aromatic N) is 1. The quantitative estimate of drug-likeness (QED) is 0.778. The minimum atomic E-state index is 0.0185. The molecular weight excluding hydrogens is 358 g/mol. The summed E-state index contributed by atoms with van der Waals surface area (Å²) in [5.41, 5.74) is 3.68. The summed E-state index contributed by atoms with van der Waals surface area (Å²) in [6, 6.07) is 19.1. The zero-order chi connectivity index (χ0) is 20.2. The van der Waals surface area contributed by atoms with E-state index in [0.29, 0.717) is 0 Å². The maximum atomic E-state index is 13.3. The third-order valence-corrected chi connectivity index (χ3v) is 6.54. The minimum absolute atomic E-state index is 0.0185. The van der Waals surface area contributed by atoms with Crippen LogP contribution in [0.1, 0.15) is 25.0 Å². The Morgan fingerprint density at radius 2 is 1.76 bits per heavy atom. The van der Waals surface area contributed by atoms with Gasteiger partial charge in [-0.3, -0.25) is 4.79 Å². The molecule has 2 atom stereocenters. The van der Waals surface area contributed by atoms with Gasteiger partial charge in [0.25, 0.3) is 5.91 Å². The molecule has 29 heavy (non-hydrogen) atoms. The van der Waals surface area contributed by atoms with Gasteiger partial charge in [0.15, 0.2) is 6.04 Å². The molecule has 1 fully saturated rings. The van der Waals surface area contributed by atoms with Crippen LogP contribution in [0.15, 0.2) is 60.7 Å². The number of piperazine rings is 1. The average Bonchev–Trinajstić information content (AvgIpc) is 3.09. The van der Waals surface area contributed by atoms with E-state index >= 15 is 0 Å². The van der Waals surface area contributed by atoms with E-state index in [4.69, 9.17) is 0 Å². The van der Waals surface area contributed by atoms with Crippen molar-refractivity contribution in [2.75, 3.05) is 37.6 Å². The second-order valence-corrected chi connectivity index (χ2v) is 8.54. The molecular formula is C25H33N3O+2. The predicted octanol–water partition coefficient (Wildman–Crippen LogP) is 0.850. The van der Waals surface area contributed by atoms with Crippen LogP contribution in [0.2, 0.25) is 0 Å². The van der Waals surface area contributed by atoms with Crippen molar-refractivity contribution >= 4 is 17.7 Å². The molecule has 0 saturated carbocycles. The maximum Gasteiger partial charge on any atom is 0.285 e. The smallest absolute Gasteiger partial charge is 0.285 e. The van der Waals surface area contributed by atoms with E-state index in [1.165, 1.54) is 16.0 Å². The van der Waals surface area contributed by atoms with Crippen LogP contribution < -0.4 is 14.7 Å². The number of hydrogen-bond acceptors (Lipinski definition) is 1. The van der Waals surface area contributed by atoms with E-state index in [9.17, 15) is 4.79 Å². The second kappa shape index (κ2) is 8.93. The monoisotopic (exact) mass is 391 g/mol. The number of para-hydroxylation sites is 1. The van der Waals surface area contributed by atoms with Crippen molar-refractivity contribution in [3.63, 3.8) is 0 Å². The predicted molar refractivity (Wildman–Crippen MR) is 118 cm³/mol. The van der Waals surface area contributed by atoms with Gasteiger partial charge in [0, 0.05) is 11.7 Å². The van der Waals surface area contributed by atoms with Gasteiger partial charge < -0.3 is 14.7 Å². The first-order chi connectivity index (χ1) is 14.1. The molecule has 1 saturated heterocycles. The molecule has 0 radical (unpaired) electrons. The lowest BCUT2D eigenvalue weighted by Gasteiger charge is -2.34. The average molecular weight is 392 g/mol. The van der Waals surface area contributed by atoms with Gasteiger partial charge in [0.1, 0.15) is 26.2 Å². The number of carbonyl (C=O) groups is 1. The van der Waals surface area contributed by atoms with E-state index in [2.05, 4.69) is 79.4 Å². The van der Waals surface area contributed by atoms with Gasteiger partial charge in [-0.2, -0.15) is 0 Å². The van der Waals surface area contributed by atoms with Gasteiger partial charge >= 0.3 is 0 Å². The van der Waals surface area contributed by atoms with E-state index in [1.807, 2.05) is 6.07 Å². The van der Waals surface area contributed by atoms with Crippen LogP contribution in [-0.4, -0.2) is 50.7 Å². The summed E-state index contributed by atoms with van der Waals surface area (Å²) >= 11 is 0. The van der Waals surface area contributed by atoms with Gasteiger partial charge in [0.05, 0.1) is 6.54 Å². The first-order valence-corrected chi connectivity index (χ1v) is 10.9. The summed E-state index contributed by atoms with van der Waals surface area (Å²) in [5, 5.41) is 0. The van der Waals surface area contributed by atoms with Crippen LogP contribution in [0.5, 0.6) is 0 Å². The summed E-state index contributed by atoms with van der Waals surface area (Å²) in [6.07, 6.45) is 5.47. The largest absolute Gasteiger partial charge is 0.322 e. The van der Waals surface area contributed by atoms with Crippen molar-refractivity contribution in [1.82, 2.24) is 0 Å². The number of fused-ring (bicyclic) bond motifs is 1. The Morgan fingerprint density at radius 1 is 1.07 bits per heavy atom. The number of amides is 1. The van der Waals surface area contributed by atoms with Crippen LogP contribution in [-0.2, 0) is 11.2 Å². The van der Waals surface area contributed by atoms with Crippen molar-refractivity contribution in [2.24, 2.45) is 0 Å². The molecule has 4 rings (SSSR count). The summed E-state index contributed by atoms with van der Waals surface area (Å²) in [4.78, 5) is 18.4. The lowest BCUT2D eigenvalue weighted by molar-refractivity contribution is -1.02. The Bertz CT molecular complexity index is 855. The fourth-order valence-corrected chi connectivity index (χ4v) is 4.77. The SMILES string of the molecule is C[C@@H]1Cc2ccccc2N1C(=O)[C@@H](C)[NH+]1CC[NH+](C/C=C/c2ccccc2)CC1. The molecule has 0 bridgehead atoms. The van der Waals surface area contributed by atoms with Crippen LogP contribution in [0.3, 0.4) is 0 Å². The third kappa shape index (κ3) is 4.44. The fraction of sp³-hybridized carbons (Fsp3) is 0.400. The molecule has 1 amide bonds. The highest BCUT2D eigenvalue weighted by molar-refractivity contribution is 5.98. The number of rotatable bonds is 5. The lowest BCUT2D eigenvalue weighted by Crippen LogP contribution is -3.30. The van der Waals surface area contributed by atoms with E-state index in [-0.39, 0.29) is 18.0 Å². The van der Waals surface area contributed by atoms with Crippen molar-refractivity contribution < 1.29 is 14.6 Å². The van der Waals surface area contributed by atoms with Gasteiger partial charge in [-0.15, -0.1) is 0 Å². The highest BCUT2D eigenvalue weighted by Gasteiger charge is 2.38. The first kappa shape index (κ1) is 19.9. The van der Waals surface area contributed by atoms with Crippen molar-refractivity contribution in [2.45, 2.75) is 32.4 Å². The molecule has 0 spiro atoms. The summed E-state index contributed by atoms with van der Waals surface area (Å²) in [5.74, 6) is 0.282. The number of hydrogen-bond donors (Lipinski definition) is 2. The standard InChI is InChI=1S/C25H31N3O/c1-20-19-23-12-6-7-13-24(23)28(20)25(29)21(2)27-17-15-26(16-18-27)14-8-11-22-9-4-3-5-10-22/h3-13,20-21H,14-19H2,1-2H3/p+2/b11-8+/t20-,21-/m1/s1. The number of quaternary nitrogens is 2. The Hall–Kier alpha value is -2.43. The molecule has 0 aromatic heterocycles. The number of anilines is 1. The van der Waals surface area contributed by atoms with Crippen molar-refractivity contribution in [3.05, 3.63) is 71.8 Å². The minimum Gasteiger partial charge on any atom is -0.322 e. The molecule has 2 aliphatic heterocycles. The van der Waals surface area contributed by atoms with Gasteiger partial charge in [-0.25, -0.2) is 0 Å². The summed E-state index contributed by atoms with van der Waals surface area (Å²) < 4.78 is 0. The van der Waals surface area contributed by atoms with Gasteiger partial charge in [0.2, 0.25) is 0 Å². The highest BCUT2D eigenvalue weighted by Crippen LogP contribution is 2.32. The van der Waals surface area contributed by atoms with E-state index < -0.39 is 0 Å². The Morgan fingerprint density at radius 3 is 2.52 bits per heavy atom. The van der Waals surface area contributed by atoms with Crippen LogP contribution >= 0.6 is 0 Å². The topological polar surface area (TPSA) is 29.2 Å². The molecule has 2 aliphatic rings. The van der Waals surface area contributed by atoms with E-state index in [1.54, 1.807) is 4.90 Å². The van der Waals surface area contributed by atoms with Crippen molar-refractivity contribution in [3.8, 4) is 0 Å². The van der Waals surface area contributed by atoms with Crippen LogP contribution in [0.25, 0.3) is 6.08 Å². The molecule has 0 unspecified atom stereocenters. The van der Waals surface area contributed by atoms with Crippen LogP contribution in [0, 0.1) is 0 Å². The number of nitrogens with one attached hydrogen (secondary N) is 2. The third-order valence-electron chi connectivity index (χ3n) is 6.54. The Balaban J connectivity index is 1.30. The summed E-state index contributed by atoms with van der Waals surface area (Å²) in [7, 11) is 0. The molecule has 152 valence electrons. The maximum absolute atomic E-state index is 13.3. The molecule has 4 heteroatoms. The van der Waals surface area contributed by atoms with Gasteiger partial charge in [-0.05, 0) is 43.5 Å². The Kier molecular flexibility index (Phi) is 6.12. The van der Waals surface area contributed by atoms with Crippen LogP contribution in [0.4, 0.5) is 5.69 Å². The fourth-order valence-electron chi connectivity index (χ4n) is 4.77. The van der Waals surface area contributed by atoms with Gasteiger partial charge in [-0.1, -0.05) is 54.6 Å². The number of carbonyl (C=O) groups excluding carboxylic acids is 1. The lowest BCUT2D eigenvalue weighted by atomic mass is 10.1. The first-order valence-electron chi connectivity index (χ1n) is 10.9. The molecule has 2 aromatic carbocycles. The normalized spacial score (nSPS) is 25.2. The molecule has 2 heterocycles. The zero-order valence-corrected chi connectivity index (χ0v) is 17.6. The molecule has 2 N–H and O–H groups in total. The molecule has 2 aromatic rings. The zero-order valence-electron chi connectivity index (χ0n) is 17.6. The highest BCUT2D eigenvalue weighted by atomic mass is 16.2. The number of benzene rings is 2. The second-order valence-electron chi connectivity index (χ2n) is 8.54. The summed E-state index contributed by atoms with van der Waals surface area (Å²) in [6.45, 7) is 9.71. The Labute approximate surface area is 174 Å². The molecule has 0 aliphatic carbocycles. The molecule has 4 nitrogen and oxygen atoms in total. The van der Waals surface area contributed by atoms with E-state index in [0.717, 1.165) is 44.8 Å².